The van der Waals surface area contributed by atoms with Gasteiger partial charge in [0.05, 0.1) is 0 Å². The number of rotatable bonds is 5. The van der Waals surface area contributed by atoms with E-state index in [2.05, 4.69) is 10.3 Å². The van der Waals surface area contributed by atoms with E-state index in [1.807, 2.05) is 12.3 Å². The summed E-state index contributed by atoms with van der Waals surface area (Å²) in [6.45, 7) is 3.43. The first kappa shape index (κ1) is 12.1. The van der Waals surface area contributed by atoms with Gasteiger partial charge in [0.25, 0.3) is 0 Å². The molecule has 1 amide bonds. The molecule has 0 unspecified atom stereocenters. The molecular formula is C10H17N3OS. The molecule has 0 aliphatic heterocycles. The molecule has 0 bridgehead atoms. The maximum absolute atomic E-state index is 11.2. The van der Waals surface area contributed by atoms with Gasteiger partial charge in [0, 0.05) is 44.7 Å². The Morgan fingerprint density at radius 2 is 2.33 bits per heavy atom. The number of carbonyl (C=O) groups is 1. The second kappa shape index (κ2) is 5.82. The van der Waals surface area contributed by atoms with E-state index in [-0.39, 0.29) is 5.91 Å². The van der Waals surface area contributed by atoms with E-state index in [0.717, 1.165) is 17.2 Å². The summed E-state index contributed by atoms with van der Waals surface area (Å²) in [6, 6.07) is 0. The minimum atomic E-state index is 0.151. The lowest BCUT2D eigenvalue weighted by molar-refractivity contribution is -0.128. The number of hydrogen-bond donors (Lipinski definition) is 1. The molecule has 1 aromatic rings. The van der Waals surface area contributed by atoms with E-state index in [0.29, 0.717) is 13.0 Å². The molecule has 0 fully saturated rings. The molecule has 15 heavy (non-hydrogen) atoms. The van der Waals surface area contributed by atoms with Crippen LogP contribution in [-0.4, -0.2) is 36.4 Å². The Hall–Kier alpha value is -0.940. The zero-order chi connectivity index (χ0) is 11.3. The van der Waals surface area contributed by atoms with Gasteiger partial charge in [0.15, 0.2) is 0 Å². The maximum Gasteiger partial charge on any atom is 0.223 e. The van der Waals surface area contributed by atoms with Crippen molar-refractivity contribution in [2.45, 2.75) is 19.9 Å². The summed E-state index contributed by atoms with van der Waals surface area (Å²) in [6.07, 6.45) is 0.539. The molecule has 0 aliphatic rings. The van der Waals surface area contributed by atoms with Gasteiger partial charge in [-0.3, -0.25) is 4.79 Å². The molecule has 0 spiro atoms. The molecule has 0 atom stereocenters. The minimum absolute atomic E-state index is 0.151. The number of hydrogen-bond acceptors (Lipinski definition) is 4. The van der Waals surface area contributed by atoms with Gasteiger partial charge in [-0.2, -0.15) is 0 Å². The van der Waals surface area contributed by atoms with Crippen LogP contribution in [0.4, 0.5) is 0 Å². The fourth-order valence-corrected chi connectivity index (χ4v) is 1.84. The third-order valence-corrected chi connectivity index (χ3v) is 2.92. The van der Waals surface area contributed by atoms with Crippen LogP contribution in [0, 0.1) is 6.92 Å². The predicted octanol–water partition coefficient (Wildman–Crippen LogP) is 1.02. The zero-order valence-corrected chi connectivity index (χ0v) is 10.2. The van der Waals surface area contributed by atoms with Gasteiger partial charge in [-0.25, -0.2) is 4.98 Å². The van der Waals surface area contributed by atoms with Crippen molar-refractivity contribution >= 4 is 17.2 Å². The van der Waals surface area contributed by atoms with E-state index in [9.17, 15) is 4.79 Å². The number of aryl methyl sites for hydroxylation is 1. The minimum Gasteiger partial charge on any atom is -0.349 e. The summed E-state index contributed by atoms with van der Waals surface area (Å²) in [7, 11) is 3.54. The van der Waals surface area contributed by atoms with Crippen LogP contribution in [0.5, 0.6) is 0 Å². The molecule has 1 rings (SSSR count). The average molecular weight is 227 g/mol. The van der Waals surface area contributed by atoms with Crippen molar-refractivity contribution in [2.24, 2.45) is 0 Å². The molecule has 0 saturated heterocycles. The maximum atomic E-state index is 11.2. The van der Waals surface area contributed by atoms with Crippen LogP contribution < -0.4 is 5.32 Å². The average Bonchev–Trinajstić information content (AvgIpc) is 2.58. The quantitative estimate of drug-likeness (QED) is 0.764. The number of aromatic nitrogens is 1. The molecule has 4 nitrogen and oxygen atoms in total. The van der Waals surface area contributed by atoms with Crippen LogP contribution in [0.15, 0.2) is 5.38 Å². The van der Waals surface area contributed by atoms with Crippen LogP contribution in [0.2, 0.25) is 0 Å². The smallest absolute Gasteiger partial charge is 0.223 e. The van der Waals surface area contributed by atoms with Crippen molar-refractivity contribution in [3.63, 3.8) is 0 Å². The lowest BCUT2D eigenvalue weighted by Gasteiger charge is -2.09. The fourth-order valence-electron chi connectivity index (χ4n) is 1.10. The van der Waals surface area contributed by atoms with Crippen LogP contribution in [0.1, 0.15) is 17.1 Å². The molecule has 0 aliphatic carbocycles. The van der Waals surface area contributed by atoms with Gasteiger partial charge < -0.3 is 10.2 Å². The molecule has 1 N–H and O–H groups in total. The fraction of sp³-hybridized carbons (Fsp3) is 0.600. The van der Waals surface area contributed by atoms with Gasteiger partial charge >= 0.3 is 0 Å². The number of thiazole rings is 1. The van der Waals surface area contributed by atoms with E-state index in [4.69, 9.17) is 0 Å². The summed E-state index contributed by atoms with van der Waals surface area (Å²) in [4.78, 5) is 17.2. The highest BCUT2D eigenvalue weighted by Gasteiger charge is 2.03. The zero-order valence-electron chi connectivity index (χ0n) is 9.41. The van der Waals surface area contributed by atoms with Crippen molar-refractivity contribution < 1.29 is 4.79 Å². The molecule has 0 aromatic carbocycles. The van der Waals surface area contributed by atoms with Gasteiger partial charge in [0.1, 0.15) is 5.01 Å². The van der Waals surface area contributed by atoms with E-state index in [1.165, 1.54) is 0 Å². The first-order valence-corrected chi connectivity index (χ1v) is 5.79. The lowest BCUT2D eigenvalue weighted by Crippen LogP contribution is -2.26. The second-order valence-electron chi connectivity index (χ2n) is 3.60. The van der Waals surface area contributed by atoms with E-state index < -0.39 is 0 Å². The topological polar surface area (TPSA) is 45.2 Å². The molecule has 0 radical (unpaired) electrons. The predicted molar refractivity (Wildman–Crippen MR) is 61.9 cm³/mol. The highest BCUT2D eigenvalue weighted by Crippen LogP contribution is 2.07. The normalized spacial score (nSPS) is 10.3. The van der Waals surface area contributed by atoms with Crippen LogP contribution in [0.25, 0.3) is 0 Å². The first-order chi connectivity index (χ1) is 7.09. The Balaban J connectivity index is 2.15. The molecule has 84 valence electrons. The number of nitrogens with zero attached hydrogens (tertiary/aromatic N) is 2. The summed E-state index contributed by atoms with van der Waals surface area (Å²) in [5.74, 6) is 0.151. The third-order valence-electron chi connectivity index (χ3n) is 1.96. The number of carbonyl (C=O) groups excluding carboxylic acids is 1. The SMILES string of the molecule is Cc1csc(CNCCC(=O)N(C)C)n1. The summed E-state index contributed by atoms with van der Waals surface area (Å²) in [5.41, 5.74) is 1.06. The van der Waals surface area contributed by atoms with E-state index in [1.54, 1.807) is 30.3 Å². The lowest BCUT2D eigenvalue weighted by atomic mass is 10.4. The van der Waals surface area contributed by atoms with Crippen LogP contribution in [-0.2, 0) is 11.3 Å². The number of amides is 1. The summed E-state index contributed by atoms with van der Waals surface area (Å²) in [5, 5.41) is 6.30. The Kier molecular flexibility index (Phi) is 4.71. The van der Waals surface area contributed by atoms with Crippen LogP contribution >= 0.6 is 11.3 Å². The summed E-state index contributed by atoms with van der Waals surface area (Å²) >= 11 is 1.65. The van der Waals surface area contributed by atoms with E-state index >= 15 is 0 Å². The highest BCUT2D eigenvalue weighted by atomic mass is 32.1. The largest absolute Gasteiger partial charge is 0.349 e. The van der Waals surface area contributed by atoms with Gasteiger partial charge in [-0.05, 0) is 6.92 Å². The Morgan fingerprint density at radius 3 is 2.87 bits per heavy atom. The highest BCUT2D eigenvalue weighted by molar-refractivity contribution is 7.09. The van der Waals surface area contributed by atoms with Crippen molar-refractivity contribution in [1.29, 1.82) is 0 Å². The van der Waals surface area contributed by atoms with Crippen molar-refractivity contribution in [1.82, 2.24) is 15.2 Å². The van der Waals surface area contributed by atoms with Crippen LogP contribution in [0.3, 0.4) is 0 Å². The Morgan fingerprint density at radius 1 is 1.60 bits per heavy atom. The first-order valence-electron chi connectivity index (χ1n) is 4.91. The molecule has 5 heteroatoms. The second-order valence-corrected chi connectivity index (χ2v) is 4.54. The summed E-state index contributed by atoms with van der Waals surface area (Å²) < 4.78 is 0. The van der Waals surface area contributed by atoms with Crippen molar-refractivity contribution in [2.75, 3.05) is 20.6 Å². The van der Waals surface area contributed by atoms with Crippen molar-refractivity contribution in [3.8, 4) is 0 Å². The Labute approximate surface area is 94.3 Å². The van der Waals surface area contributed by atoms with Gasteiger partial charge in [-0.1, -0.05) is 0 Å². The Bertz CT molecular complexity index is 322. The molecule has 0 saturated carbocycles. The molecule has 1 aromatic heterocycles. The monoisotopic (exact) mass is 227 g/mol. The standard InChI is InChI=1S/C10H17N3OS/c1-8-7-15-9(12-8)6-11-5-4-10(14)13(2)3/h7,11H,4-6H2,1-3H3. The molecule has 1 heterocycles. The van der Waals surface area contributed by atoms with Gasteiger partial charge in [-0.15, -0.1) is 11.3 Å². The van der Waals surface area contributed by atoms with Gasteiger partial charge in [0.2, 0.25) is 5.91 Å². The third kappa shape index (κ3) is 4.40. The molecular weight excluding hydrogens is 210 g/mol. The number of nitrogens with one attached hydrogen (secondary N) is 1. The van der Waals surface area contributed by atoms with Crippen molar-refractivity contribution in [3.05, 3.63) is 16.1 Å².